The maximum absolute atomic E-state index is 14.7. The van der Waals surface area contributed by atoms with E-state index in [0.29, 0.717) is 29.0 Å². The van der Waals surface area contributed by atoms with Crippen molar-refractivity contribution in [2.75, 3.05) is 0 Å². The fourth-order valence-corrected chi connectivity index (χ4v) is 4.69. The summed E-state index contributed by atoms with van der Waals surface area (Å²) in [6.07, 6.45) is 12.9. The molecule has 0 spiro atoms. The first-order chi connectivity index (χ1) is 15.0. The van der Waals surface area contributed by atoms with Gasteiger partial charge in [-0.15, -0.1) is 0 Å². The van der Waals surface area contributed by atoms with Gasteiger partial charge in [-0.25, -0.2) is 13.2 Å². The zero-order valence-corrected chi connectivity index (χ0v) is 18.9. The molecule has 0 heterocycles. The maximum Gasteiger partial charge on any atom is 0.162 e. The molecule has 2 aromatic carbocycles. The largest absolute Gasteiger partial charge is 0.206 e. The predicted molar refractivity (Wildman–Crippen MR) is 124 cm³/mol. The fourth-order valence-electron chi connectivity index (χ4n) is 4.69. The molecule has 0 atom stereocenters. The number of hydrogen-bond acceptors (Lipinski definition) is 0. The van der Waals surface area contributed by atoms with E-state index in [2.05, 4.69) is 19.9 Å². The van der Waals surface area contributed by atoms with Gasteiger partial charge in [-0.05, 0) is 79.5 Å². The van der Waals surface area contributed by atoms with Crippen LogP contribution in [0.1, 0.15) is 93.4 Å². The van der Waals surface area contributed by atoms with Crippen molar-refractivity contribution in [2.45, 2.75) is 84.0 Å². The van der Waals surface area contributed by atoms with Gasteiger partial charge in [0.05, 0.1) is 0 Å². The molecule has 2 aromatic rings. The van der Waals surface area contributed by atoms with E-state index < -0.39 is 11.6 Å². The quantitative estimate of drug-likeness (QED) is 0.350. The second kappa shape index (κ2) is 11.5. The van der Waals surface area contributed by atoms with Gasteiger partial charge in [0.2, 0.25) is 0 Å². The zero-order chi connectivity index (χ0) is 22.2. The van der Waals surface area contributed by atoms with Crippen LogP contribution in [0.2, 0.25) is 0 Å². The lowest BCUT2D eigenvalue weighted by Crippen LogP contribution is -2.14. The Hall–Kier alpha value is -2.03. The standard InChI is InChI=1S/C28H35F3/c1-3-5-6-8-24-17-18-25(28(31)27(24)30)22-13-9-20(10-14-22)11-15-23-16-12-21(7-4-2)19-26(23)29/h11-12,15-20,22H,3-10,13-14H2,1-2H3/b15-11+. The summed E-state index contributed by atoms with van der Waals surface area (Å²) in [6, 6.07) is 9.05. The molecule has 3 heteroatoms. The molecule has 0 unspecified atom stereocenters. The van der Waals surface area contributed by atoms with Crippen molar-refractivity contribution in [3.8, 4) is 0 Å². The minimum atomic E-state index is -0.655. The number of unbranched alkanes of at least 4 members (excludes halogenated alkanes) is 2. The molecule has 0 nitrogen and oxygen atoms in total. The van der Waals surface area contributed by atoms with Crippen LogP contribution in [-0.4, -0.2) is 0 Å². The average molecular weight is 429 g/mol. The number of allylic oxidation sites excluding steroid dienone is 1. The van der Waals surface area contributed by atoms with Gasteiger partial charge < -0.3 is 0 Å². The SMILES string of the molecule is CCCCCc1ccc(C2CCC(/C=C/c3ccc(CCC)cc3F)CC2)c(F)c1F. The van der Waals surface area contributed by atoms with E-state index >= 15 is 0 Å². The van der Waals surface area contributed by atoms with Crippen LogP contribution in [0.15, 0.2) is 36.4 Å². The molecule has 1 fully saturated rings. The van der Waals surface area contributed by atoms with E-state index in [1.807, 2.05) is 18.2 Å². The number of rotatable bonds is 9. The number of benzene rings is 2. The number of halogens is 3. The molecule has 0 N–H and O–H groups in total. The van der Waals surface area contributed by atoms with E-state index in [-0.39, 0.29) is 11.7 Å². The van der Waals surface area contributed by atoms with E-state index in [0.717, 1.165) is 63.4 Å². The van der Waals surface area contributed by atoms with Gasteiger partial charge in [0.15, 0.2) is 11.6 Å². The first-order valence-corrected chi connectivity index (χ1v) is 12.0. The molecule has 3 rings (SSSR count). The Morgan fingerprint density at radius 2 is 1.61 bits per heavy atom. The van der Waals surface area contributed by atoms with Gasteiger partial charge in [-0.1, -0.05) is 69.5 Å². The molecule has 0 radical (unpaired) electrons. The summed E-state index contributed by atoms with van der Waals surface area (Å²) in [5.41, 5.74) is 2.67. The topological polar surface area (TPSA) is 0 Å². The van der Waals surface area contributed by atoms with Gasteiger partial charge in [0, 0.05) is 5.56 Å². The Labute approximate surface area is 185 Å². The molecule has 0 aliphatic heterocycles. The Morgan fingerprint density at radius 1 is 0.839 bits per heavy atom. The highest BCUT2D eigenvalue weighted by Crippen LogP contribution is 2.38. The van der Waals surface area contributed by atoms with Crippen LogP contribution < -0.4 is 0 Å². The van der Waals surface area contributed by atoms with E-state index in [4.69, 9.17) is 0 Å². The summed E-state index contributed by atoms with van der Waals surface area (Å²) in [5.74, 6) is -1.06. The Bertz CT molecular complexity index is 876. The highest BCUT2D eigenvalue weighted by molar-refractivity contribution is 5.51. The first kappa shape index (κ1) is 23.6. The second-order valence-corrected chi connectivity index (χ2v) is 8.98. The highest BCUT2D eigenvalue weighted by atomic mass is 19.2. The van der Waals surface area contributed by atoms with Crippen molar-refractivity contribution in [3.05, 3.63) is 76.1 Å². The van der Waals surface area contributed by atoms with Crippen LogP contribution in [0.3, 0.4) is 0 Å². The van der Waals surface area contributed by atoms with Crippen LogP contribution in [0.25, 0.3) is 6.08 Å². The van der Waals surface area contributed by atoms with Crippen molar-refractivity contribution < 1.29 is 13.2 Å². The van der Waals surface area contributed by atoms with Crippen LogP contribution in [0, 0.1) is 23.4 Å². The molecule has 168 valence electrons. The van der Waals surface area contributed by atoms with Crippen molar-refractivity contribution in [3.63, 3.8) is 0 Å². The third kappa shape index (κ3) is 6.24. The van der Waals surface area contributed by atoms with Crippen molar-refractivity contribution >= 4 is 6.08 Å². The molecule has 1 aliphatic rings. The highest BCUT2D eigenvalue weighted by Gasteiger charge is 2.25. The monoisotopic (exact) mass is 428 g/mol. The van der Waals surface area contributed by atoms with Crippen molar-refractivity contribution in [1.82, 2.24) is 0 Å². The van der Waals surface area contributed by atoms with Crippen molar-refractivity contribution in [2.24, 2.45) is 5.92 Å². The third-order valence-corrected chi connectivity index (χ3v) is 6.60. The number of hydrogen-bond donors (Lipinski definition) is 0. The van der Waals surface area contributed by atoms with Crippen LogP contribution in [0.5, 0.6) is 0 Å². The van der Waals surface area contributed by atoms with Gasteiger partial charge in [-0.3, -0.25) is 0 Å². The van der Waals surface area contributed by atoms with Crippen LogP contribution >= 0.6 is 0 Å². The molecule has 1 saturated carbocycles. The lowest BCUT2D eigenvalue weighted by atomic mass is 9.78. The Morgan fingerprint density at radius 3 is 2.29 bits per heavy atom. The van der Waals surface area contributed by atoms with Crippen LogP contribution in [0.4, 0.5) is 13.2 Å². The first-order valence-electron chi connectivity index (χ1n) is 12.0. The molecule has 0 amide bonds. The second-order valence-electron chi connectivity index (χ2n) is 8.98. The third-order valence-electron chi connectivity index (χ3n) is 6.60. The van der Waals surface area contributed by atoms with Crippen molar-refractivity contribution in [1.29, 1.82) is 0 Å². The summed E-state index contributed by atoms with van der Waals surface area (Å²) in [5, 5.41) is 0. The minimum Gasteiger partial charge on any atom is -0.206 e. The molecule has 0 aromatic heterocycles. The van der Waals surface area contributed by atoms with Gasteiger partial charge in [0.25, 0.3) is 0 Å². The molecule has 0 saturated heterocycles. The Balaban J connectivity index is 1.58. The lowest BCUT2D eigenvalue weighted by molar-refractivity contribution is 0.364. The average Bonchev–Trinajstić information content (AvgIpc) is 2.77. The smallest absolute Gasteiger partial charge is 0.162 e. The molecule has 0 bridgehead atoms. The van der Waals surface area contributed by atoms with E-state index in [9.17, 15) is 13.2 Å². The predicted octanol–water partition coefficient (Wildman–Crippen LogP) is 8.78. The summed E-state index contributed by atoms with van der Waals surface area (Å²) >= 11 is 0. The van der Waals surface area contributed by atoms with E-state index in [1.54, 1.807) is 18.2 Å². The summed E-state index contributed by atoms with van der Waals surface area (Å²) in [6.45, 7) is 4.19. The lowest BCUT2D eigenvalue weighted by Gasteiger charge is -2.27. The Kier molecular flexibility index (Phi) is 8.80. The summed E-state index contributed by atoms with van der Waals surface area (Å²) < 4.78 is 43.5. The molecule has 31 heavy (non-hydrogen) atoms. The summed E-state index contributed by atoms with van der Waals surface area (Å²) in [4.78, 5) is 0. The van der Waals surface area contributed by atoms with Gasteiger partial charge in [-0.2, -0.15) is 0 Å². The zero-order valence-electron chi connectivity index (χ0n) is 18.9. The fraction of sp³-hybridized carbons (Fsp3) is 0.500. The molecule has 1 aliphatic carbocycles. The molecular weight excluding hydrogens is 393 g/mol. The van der Waals surface area contributed by atoms with Gasteiger partial charge >= 0.3 is 0 Å². The van der Waals surface area contributed by atoms with Crippen LogP contribution in [-0.2, 0) is 12.8 Å². The number of aryl methyl sites for hydroxylation is 2. The minimum absolute atomic E-state index is 0.0638. The molecular formula is C28H35F3. The van der Waals surface area contributed by atoms with Gasteiger partial charge in [0.1, 0.15) is 5.82 Å². The normalized spacial score (nSPS) is 19.3. The van der Waals surface area contributed by atoms with E-state index in [1.165, 1.54) is 0 Å². The maximum atomic E-state index is 14.7. The summed E-state index contributed by atoms with van der Waals surface area (Å²) in [7, 11) is 0.